The number of anilines is 1. The summed E-state index contributed by atoms with van der Waals surface area (Å²) < 4.78 is 82.8. The largest absolute Gasteiger partial charge is 0.456 e. The Morgan fingerprint density at radius 1 is 0.836 bits per heavy atom. The van der Waals surface area contributed by atoms with E-state index in [1.807, 2.05) is 36.4 Å². The molecule has 1 aromatic heterocycles. The normalized spacial score (nSPS) is 13.3. The molecule has 0 saturated heterocycles. The van der Waals surface area contributed by atoms with Gasteiger partial charge in [-0.2, -0.15) is 8.42 Å². The molecule has 2 aliphatic rings. The molecule has 2 N–H and O–H groups in total. The van der Waals surface area contributed by atoms with Gasteiger partial charge in [-0.1, -0.05) is 50.9 Å². The maximum atomic E-state index is 13.7. The predicted molar refractivity (Wildman–Crippen MR) is 254 cm³/mol. The Kier molecular flexibility index (Phi) is 16.6. The third kappa shape index (κ3) is 12.6. The fraction of sp³-hybridized carbons (Fsp3) is 0.477. The van der Waals surface area contributed by atoms with Gasteiger partial charge in [0, 0.05) is 89.3 Å². The number of unbranched alkanes of at least 4 members (excludes halogenated alkanes) is 3. The van der Waals surface area contributed by atoms with E-state index >= 15 is 0 Å². The highest BCUT2D eigenvalue weighted by molar-refractivity contribution is 8.00. The van der Waals surface area contributed by atoms with Crippen molar-refractivity contribution in [3.8, 4) is 22.5 Å². The van der Waals surface area contributed by atoms with Crippen LogP contribution in [0.15, 0.2) is 86.4 Å². The van der Waals surface area contributed by atoms with Gasteiger partial charge in [0.15, 0.2) is 21.8 Å². The number of benzene rings is 3. The Balaban J connectivity index is 1.50. The quantitative estimate of drug-likeness (QED) is 0.0130. The summed E-state index contributed by atoms with van der Waals surface area (Å²) in [5.41, 5.74) is 3.27. The summed E-state index contributed by atoms with van der Waals surface area (Å²) in [5, 5.41) is 2.97. The summed E-state index contributed by atoms with van der Waals surface area (Å²) >= 11 is 1.54. The molecular formula is C44H64N5O7S3Si2+. The van der Waals surface area contributed by atoms with Crippen molar-refractivity contribution < 1.29 is 29.9 Å². The van der Waals surface area contributed by atoms with Crippen molar-refractivity contribution in [3.63, 3.8) is 0 Å². The van der Waals surface area contributed by atoms with Crippen LogP contribution in [-0.4, -0.2) is 79.5 Å². The van der Waals surface area contributed by atoms with Gasteiger partial charge in [0.05, 0.1) is 11.0 Å². The zero-order chi connectivity index (χ0) is 44.6. The first-order valence-corrected chi connectivity index (χ1v) is 31.6. The Labute approximate surface area is 369 Å². The Morgan fingerprint density at radius 2 is 1.54 bits per heavy atom. The average molecular weight is 927 g/mol. The number of rotatable bonds is 22. The van der Waals surface area contributed by atoms with E-state index in [-0.39, 0.29) is 17.0 Å². The minimum atomic E-state index is -4.94. The predicted octanol–water partition coefficient (Wildman–Crippen LogP) is 9.41. The van der Waals surface area contributed by atoms with Crippen LogP contribution in [0.2, 0.25) is 32.2 Å². The molecule has 12 nitrogen and oxygen atoms in total. The van der Waals surface area contributed by atoms with Gasteiger partial charge in [-0.05, 0) is 89.8 Å². The lowest BCUT2D eigenvalue weighted by Crippen LogP contribution is -2.46. The van der Waals surface area contributed by atoms with Crippen molar-refractivity contribution in [3.05, 3.63) is 77.9 Å². The fourth-order valence-electron chi connectivity index (χ4n) is 7.87. The molecule has 0 spiro atoms. The standard InChI is InChI=1S/C44H63N5O7S3Si2/c1-10-15-16-17-24-49(14-5)35-19-22-38-41(27-35)55-40-26-34(48(12-3)13-4)18-21-37(40)43(38)39-23-20-36(28-42(39)59(52,53)54)58(50,51)47-31-33-29-45-44(46-30-33)57-32-61(8,9)56-60(6,7)25-11-2/h18-23,26-30,47H,10-17,24-25,31-32H2,1-9H3/p+1. The zero-order valence-electron chi connectivity index (χ0n) is 37.2. The summed E-state index contributed by atoms with van der Waals surface area (Å²) in [5.74, 6) is 0.534. The second kappa shape index (κ2) is 20.8. The highest BCUT2D eigenvalue weighted by Gasteiger charge is 2.33. The SMILES string of the molecule is CCCCCC/[N+](CC)=c1/ccc2c(-c3ccc(S(=O)(=O)NCc4cnc(SC[Si](C)(C)O[Si](C)(C)CCC)nc4)cc3S(=O)(=O)O)c3ccc(N(CC)CC)cc3oc-2c1. The molecule has 3 aromatic rings. The van der Waals surface area contributed by atoms with Crippen molar-refractivity contribution in [2.24, 2.45) is 0 Å². The number of sulfonamides is 1. The first-order chi connectivity index (χ1) is 28.8. The molecule has 0 fully saturated rings. The van der Waals surface area contributed by atoms with Crippen LogP contribution in [0.5, 0.6) is 0 Å². The van der Waals surface area contributed by atoms with E-state index in [4.69, 9.17) is 8.53 Å². The minimum absolute atomic E-state index is 0.129. The summed E-state index contributed by atoms with van der Waals surface area (Å²) in [4.78, 5) is 10.3. The van der Waals surface area contributed by atoms with Crippen molar-refractivity contribution in [2.75, 3.05) is 36.5 Å². The van der Waals surface area contributed by atoms with Crippen LogP contribution in [0, 0.1) is 0 Å². The van der Waals surface area contributed by atoms with E-state index in [1.54, 1.807) is 12.4 Å². The molecule has 1 aliphatic heterocycles. The zero-order valence-corrected chi connectivity index (χ0v) is 41.7. The van der Waals surface area contributed by atoms with Gasteiger partial charge >= 0.3 is 0 Å². The topological polar surface area (TPSA) is 155 Å². The highest BCUT2D eigenvalue weighted by Crippen LogP contribution is 2.43. The van der Waals surface area contributed by atoms with E-state index < -0.39 is 41.7 Å². The first kappa shape index (κ1) is 48.6. The fourth-order valence-corrected chi connectivity index (χ4v) is 20.2. The van der Waals surface area contributed by atoms with Crippen LogP contribution < -0.4 is 19.6 Å². The van der Waals surface area contributed by atoms with E-state index in [0.29, 0.717) is 38.6 Å². The smallest absolute Gasteiger partial charge is 0.295 e. The van der Waals surface area contributed by atoms with Gasteiger partial charge in [-0.3, -0.25) is 4.55 Å². The molecule has 0 bridgehead atoms. The van der Waals surface area contributed by atoms with E-state index in [0.717, 1.165) is 80.4 Å². The van der Waals surface area contributed by atoms with Crippen LogP contribution in [0.25, 0.3) is 33.4 Å². The van der Waals surface area contributed by atoms with E-state index in [2.05, 4.69) is 85.0 Å². The van der Waals surface area contributed by atoms with Gasteiger partial charge in [-0.25, -0.2) is 27.7 Å². The number of fused-ring (bicyclic) bond motifs is 2. The molecule has 0 saturated carbocycles. The number of thioether (sulfide) groups is 1. The van der Waals surface area contributed by atoms with Gasteiger partial charge in [0.1, 0.15) is 29.3 Å². The molecule has 2 heterocycles. The molecule has 17 heteroatoms. The monoisotopic (exact) mass is 926 g/mol. The Bertz CT molecular complexity index is 2550. The molecule has 1 aliphatic carbocycles. The molecule has 5 rings (SSSR count). The Hall–Kier alpha value is -3.43. The molecule has 0 radical (unpaired) electrons. The second-order valence-corrected chi connectivity index (χ2v) is 30.0. The molecule has 332 valence electrons. The van der Waals surface area contributed by atoms with Gasteiger partial charge in [-0.15, -0.1) is 0 Å². The van der Waals surface area contributed by atoms with Gasteiger partial charge < -0.3 is 13.4 Å². The maximum Gasteiger partial charge on any atom is 0.295 e. The Morgan fingerprint density at radius 3 is 2.18 bits per heavy atom. The molecule has 61 heavy (non-hydrogen) atoms. The van der Waals surface area contributed by atoms with E-state index in [9.17, 15) is 21.4 Å². The van der Waals surface area contributed by atoms with Crippen LogP contribution in [0.3, 0.4) is 0 Å². The maximum absolute atomic E-state index is 13.7. The molecule has 2 aromatic carbocycles. The minimum Gasteiger partial charge on any atom is -0.456 e. The molecule has 0 atom stereocenters. The van der Waals surface area contributed by atoms with Gasteiger partial charge in [0.25, 0.3) is 10.1 Å². The van der Waals surface area contributed by atoms with Crippen LogP contribution in [0.1, 0.15) is 72.3 Å². The molecular weight excluding hydrogens is 863 g/mol. The lowest BCUT2D eigenvalue weighted by Gasteiger charge is -2.33. The van der Waals surface area contributed by atoms with Crippen molar-refractivity contribution in [2.45, 2.75) is 120 Å². The molecule has 0 amide bonds. The average Bonchev–Trinajstić information content (AvgIpc) is 3.21. The lowest BCUT2D eigenvalue weighted by atomic mass is 9.93. The van der Waals surface area contributed by atoms with Gasteiger partial charge in [0.2, 0.25) is 15.4 Å². The van der Waals surface area contributed by atoms with Crippen LogP contribution in [-0.2, 0) is 30.8 Å². The van der Waals surface area contributed by atoms with E-state index in [1.165, 1.54) is 30.3 Å². The summed E-state index contributed by atoms with van der Waals surface area (Å²) in [6.07, 6.45) is 8.80. The lowest BCUT2D eigenvalue weighted by molar-refractivity contribution is 0.483. The number of hydrogen-bond donors (Lipinski definition) is 2. The van der Waals surface area contributed by atoms with Crippen molar-refractivity contribution in [1.82, 2.24) is 19.3 Å². The summed E-state index contributed by atoms with van der Waals surface area (Å²) in [7, 11) is -12.9. The second-order valence-electron chi connectivity index (χ2n) is 16.6. The number of nitrogens with zero attached hydrogens (tertiary/aromatic N) is 4. The van der Waals surface area contributed by atoms with Crippen LogP contribution in [0.4, 0.5) is 5.69 Å². The third-order valence-corrected chi connectivity index (χ3v) is 23.0. The summed E-state index contributed by atoms with van der Waals surface area (Å²) in [6, 6.07) is 16.6. The van der Waals surface area contributed by atoms with Crippen LogP contribution >= 0.6 is 11.8 Å². The number of nitrogens with one attached hydrogen (secondary N) is 1. The highest BCUT2D eigenvalue weighted by atomic mass is 32.2. The third-order valence-electron chi connectivity index (χ3n) is 10.8. The summed E-state index contributed by atoms with van der Waals surface area (Å²) in [6.45, 7) is 22.7. The molecule has 0 unspecified atom stereocenters. The van der Waals surface area contributed by atoms with Crippen molar-refractivity contribution >= 4 is 65.2 Å². The van der Waals surface area contributed by atoms with Crippen molar-refractivity contribution in [1.29, 1.82) is 0 Å². The first-order valence-electron chi connectivity index (χ1n) is 21.4. The number of aromatic nitrogens is 2. The number of hydrogen-bond acceptors (Lipinski definition) is 10.